The van der Waals surface area contributed by atoms with Crippen molar-refractivity contribution in [3.8, 4) is 0 Å². The molecule has 0 aromatic rings. The molecule has 0 aromatic carbocycles. The van der Waals surface area contributed by atoms with Gasteiger partial charge in [-0.05, 0) is 54.4 Å². The van der Waals surface area contributed by atoms with Gasteiger partial charge in [-0.15, -0.1) is 0 Å². The fourth-order valence-electron chi connectivity index (χ4n) is 1.21. The van der Waals surface area contributed by atoms with E-state index in [-0.39, 0.29) is 6.10 Å². The number of hydrogen-bond acceptors (Lipinski definition) is 4. The minimum absolute atomic E-state index is 0.137. The zero-order valence-corrected chi connectivity index (χ0v) is 14.2. The Kier molecular flexibility index (Phi) is 6.50. The molecular weight excluding hydrogens is 248 g/mol. The normalized spacial score (nSPS) is 14.3. The first kappa shape index (κ1) is 18.1. The first-order chi connectivity index (χ1) is 7.95. The van der Waals surface area contributed by atoms with Crippen LogP contribution in [-0.4, -0.2) is 31.1 Å². The smallest absolute Gasteiger partial charge is 0.367 e. The Labute approximate surface area is 113 Å². The Balaban J connectivity index is 4.94. The average Bonchev–Trinajstić information content (AvgIpc) is 2.14. The Bertz CT molecular complexity index is 233. The van der Waals surface area contributed by atoms with Crippen molar-refractivity contribution in [3.05, 3.63) is 0 Å². The van der Waals surface area contributed by atoms with E-state index in [1.54, 1.807) is 0 Å². The maximum absolute atomic E-state index is 10.6. The summed E-state index contributed by atoms with van der Waals surface area (Å²) in [5, 5.41) is 0. The van der Waals surface area contributed by atoms with Gasteiger partial charge in [0.2, 0.25) is 0 Å². The van der Waals surface area contributed by atoms with E-state index in [1.807, 2.05) is 55.4 Å². The summed E-state index contributed by atoms with van der Waals surface area (Å²) in [5.74, 6) is 0. The van der Waals surface area contributed by atoms with Gasteiger partial charge in [-0.1, -0.05) is 13.8 Å². The van der Waals surface area contributed by atoms with Crippen LogP contribution in [0.5, 0.6) is 0 Å². The van der Waals surface area contributed by atoms with Gasteiger partial charge in [-0.25, -0.2) is 0 Å². The summed E-state index contributed by atoms with van der Waals surface area (Å²) in [6, 6.07) is 0. The molecule has 0 aliphatic carbocycles. The third-order valence-electron chi connectivity index (χ3n) is 2.90. The Hall–Kier alpha value is 0.0569. The molecule has 0 radical (unpaired) electrons. The van der Waals surface area contributed by atoms with Gasteiger partial charge < -0.3 is 18.1 Å². The highest BCUT2D eigenvalue weighted by Crippen LogP contribution is 2.27. The summed E-state index contributed by atoms with van der Waals surface area (Å²) in [7, 11) is -3.63. The van der Waals surface area contributed by atoms with Crippen LogP contribution in [0.2, 0.25) is 0 Å². The molecule has 0 atom stereocenters. The highest BCUT2D eigenvalue weighted by molar-refractivity contribution is 6.52. The van der Waals surface area contributed by atoms with E-state index < -0.39 is 20.3 Å². The van der Waals surface area contributed by atoms with Gasteiger partial charge in [0.1, 0.15) is 0 Å². The monoisotopic (exact) mass is 278 g/mol. The van der Waals surface area contributed by atoms with Crippen LogP contribution in [0.3, 0.4) is 0 Å². The molecule has 5 heteroatoms. The molecule has 0 aliphatic rings. The van der Waals surface area contributed by atoms with E-state index in [4.69, 9.17) is 13.3 Å². The van der Waals surface area contributed by atoms with Gasteiger partial charge >= 0.3 is 9.05 Å². The lowest BCUT2D eigenvalue weighted by Crippen LogP contribution is -2.56. The lowest BCUT2D eigenvalue weighted by molar-refractivity contribution is -0.111. The van der Waals surface area contributed by atoms with Gasteiger partial charge in [0, 0.05) is 6.10 Å². The standard InChI is InChI=1S/C13H30O4Si/c1-9-12(5,6)16-18(14,15-11(3)4)17-13(7,8)10-2/h11,14H,9-10H2,1-8H3. The van der Waals surface area contributed by atoms with Crippen molar-refractivity contribution in [1.29, 1.82) is 0 Å². The molecule has 0 bridgehead atoms. The van der Waals surface area contributed by atoms with E-state index >= 15 is 0 Å². The first-order valence-corrected chi connectivity index (χ1v) is 8.43. The van der Waals surface area contributed by atoms with Gasteiger partial charge in [0.25, 0.3) is 0 Å². The summed E-state index contributed by atoms with van der Waals surface area (Å²) in [4.78, 5) is 10.6. The van der Waals surface area contributed by atoms with Gasteiger partial charge in [0.05, 0.1) is 11.2 Å². The maximum Gasteiger partial charge on any atom is 0.678 e. The van der Waals surface area contributed by atoms with Crippen LogP contribution < -0.4 is 0 Å². The minimum Gasteiger partial charge on any atom is -0.367 e. The third-order valence-corrected chi connectivity index (χ3v) is 5.29. The molecule has 0 aliphatic heterocycles. The van der Waals surface area contributed by atoms with Crippen LogP contribution in [0, 0.1) is 0 Å². The third kappa shape index (κ3) is 6.85. The van der Waals surface area contributed by atoms with E-state index in [0.29, 0.717) is 0 Å². The molecule has 0 rings (SSSR count). The van der Waals surface area contributed by atoms with Crippen molar-refractivity contribution in [2.45, 2.75) is 85.5 Å². The molecule has 0 unspecified atom stereocenters. The van der Waals surface area contributed by atoms with Crippen molar-refractivity contribution in [2.24, 2.45) is 0 Å². The molecule has 0 amide bonds. The number of rotatable bonds is 8. The highest BCUT2D eigenvalue weighted by atomic mass is 28.4. The van der Waals surface area contributed by atoms with Crippen LogP contribution in [-0.2, 0) is 13.3 Å². The van der Waals surface area contributed by atoms with Crippen LogP contribution in [0.25, 0.3) is 0 Å². The van der Waals surface area contributed by atoms with E-state index in [1.165, 1.54) is 0 Å². The minimum atomic E-state index is -3.63. The zero-order valence-electron chi connectivity index (χ0n) is 13.2. The Morgan fingerprint density at radius 1 is 0.944 bits per heavy atom. The molecule has 4 nitrogen and oxygen atoms in total. The fraction of sp³-hybridized carbons (Fsp3) is 1.00. The quantitative estimate of drug-likeness (QED) is 0.692. The van der Waals surface area contributed by atoms with E-state index in [2.05, 4.69) is 0 Å². The molecule has 0 heterocycles. The lowest BCUT2D eigenvalue weighted by Gasteiger charge is -2.38. The molecule has 0 spiro atoms. The average molecular weight is 278 g/mol. The number of hydrogen-bond donors (Lipinski definition) is 1. The van der Waals surface area contributed by atoms with Gasteiger partial charge in [-0.3, -0.25) is 0 Å². The molecule has 0 fully saturated rings. The summed E-state index contributed by atoms with van der Waals surface area (Å²) in [6.07, 6.45) is 1.42. The van der Waals surface area contributed by atoms with Crippen molar-refractivity contribution >= 4 is 9.05 Å². The lowest BCUT2D eigenvalue weighted by atomic mass is 10.1. The predicted molar refractivity (Wildman–Crippen MR) is 75.1 cm³/mol. The second kappa shape index (κ2) is 6.48. The van der Waals surface area contributed by atoms with Crippen LogP contribution in [0.1, 0.15) is 68.2 Å². The summed E-state index contributed by atoms with van der Waals surface area (Å²) >= 11 is 0. The summed E-state index contributed by atoms with van der Waals surface area (Å²) in [6.45, 7) is 15.5. The van der Waals surface area contributed by atoms with Crippen LogP contribution in [0.4, 0.5) is 0 Å². The Morgan fingerprint density at radius 3 is 1.50 bits per heavy atom. The molecule has 0 aromatic heterocycles. The van der Waals surface area contributed by atoms with E-state index in [0.717, 1.165) is 12.8 Å². The molecule has 1 N–H and O–H groups in total. The molecule has 110 valence electrons. The van der Waals surface area contributed by atoms with Crippen LogP contribution in [0.15, 0.2) is 0 Å². The summed E-state index contributed by atoms with van der Waals surface area (Å²) < 4.78 is 17.1. The molecule has 0 saturated heterocycles. The SMILES string of the molecule is CCC(C)(C)O[Si](O)(OC(C)C)OC(C)(C)CC. The molecule has 0 saturated carbocycles. The van der Waals surface area contributed by atoms with Gasteiger partial charge in [0.15, 0.2) is 0 Å². The topological polar surface area (TPSA) is 47.9 Å². The highest BCUT2D eigenvalue weighted by Gasteiger charge is 2.50. The Morgan fingerprint density at radius 2 is 1.28 bits per heavy atom. The zero-order chi connectivity index (χ0) is 14.6. The fourth-order valence-corrected chi connectivity index (χ4v) is 3.63. The van der Waals surface area contributed by atoms with Crippen molar-refractivity contribution in [3.63, 3.8) is 0 Å². The largest absolute Gasteiger partial charge is 0.678 e. The van der Waals surface area contributed by atoms with E-state index in [9.17, 15) is 4.80 Å². The van der Waals surface area contributed by atoms with Gasteiger partial charge in [-0.2, -0.15) is 0 Å². The van der Waals surface area contributed by atoms with Crippen molar-refractivity contribution < 1.29 is 18.1 Å². The second-order valence-corrected chi connectivity index (χ2v) is 7.81. The first-order valence-electron chi connectivity index (χ1n) is 6.76. The summed E-state index contributed by atoms with van der Waals surface area (Å²) in [5.41, 5.74) is -0.917. The predicted octanol–water partition coefficient (Wildman–Crippen LogP) is 3.25. The van der Waals surface area contributed by atoms with Crippen LogP contribution >= 0.6 is 0 Å². The maximum atomic E-state index is 10.6. The molecule has 18 heavy (non-hydrogen) atoms. The van der Waals surface area contributed by atoms with Crippen molar-refractivity contribution in [2.75, 3.05) is 0 Å². The molecular formula is C13H30O4Si. The second-order valence-electron chi connectivity index (χ2n) is 6.12. The van der Waals surface area contributed by atoms with Crippen molar-refractivity contribution in [1.82, 2.24) is 0 Å².